The summed E-state index contributed by atoms with van der Waals surface area (Å²) in [5, 5.41) is 12.3. The first kappa shape index (κ1) is 12.4. The van der Waals surface area contributed by atoms with E-state index in [-0.39, 0.29) is 0 Å². The van der Waals surface area contributed by atoms with Gasteiger partial charge in [0.25, 0.3) is 0 Å². The summed E-state index contributed by atoms with van der Waals surface area (Å²) in [6.45, 7) is 1.90. The molecule has 0 saturated heterocycles. The van der Waals surface area contributed by atoms with Gasteiger partial charge in [-0.05, 0) is 40.5 Å². The smallest absolute Gasteiger partial charge is 0.144 e. The Hall–Kier alpha value is -2.06. The van der Waals surface area contributed by atoms with Crippen LogP contribution in [0.25, 0.3) is 0 Å². The van der Waals surface area contributed by atoms with E-state index in [4.69, 9.17) is 11.0 Å². The number of nitriles is 1. The van der Waals surface area contributed by atoms with Crippen LogP contribution in [0.4, 0.5) is 17.2 Å². The zero-order valence-corrected chi connectivity index (χ0v) is 11.3. The Morgan fingerprint density at radius 2 is 2.22 bits per heavy atom. The number of hydrogen-bond acceptors (Lipinski definition) is 4. The van der Waals surface area contributed by atoms with Crippen molar-refractivity contribution in [1.29, 1.82) is 5.26 Å². The number of pyridine rings is 1. The fraction of sp³-hybridized carbons (Fsp3) is 0.0769. The Labute approximate surface area is 114 Å². The minimum absolute atomic E-state index is 0.581. The monoisotopic (exact) mass is 302 g/mol. The molecule has 4 nitrogen and oxygen atoms in total. The lowest BCUT2D eigenvalue weighted by Gasteiger charge is -2.10. The number of nitrogens with one attached hydrogen (secondary N) is 1. The maximum Gasteiger partial charge on any atom is 0.144 e. The Morgan fingerprint density at radius 1 is 1.44 bits per heavy atom. The second kappa shape index (κ2) is 5.07. The van der Waals surface area contributed by atoms with Crippen LogP contribution in [0.5, 0.6) is 0 Å². The average Bonchev–Trinajstić information content (AvgIpc) is 2.33. The maximum absolute atomic E-state index is 9.15. The van der Waals surface area contributed by atoms with E-state index in [9.17, 15) is 0 Å². The standard InChI is InChI=1S/C13H11BrN4/c1-8-3-2-4-12(10(8)6-15)18-13-11(14)5-9(16)7-17-13/h2-5,7H,16H2,1H3,(H,17,18). The highest BCUT2D eigenvalue weighted by molar-refractivity contribution is 9.10. The maximum atomic E-state index is 9.15. The first-order chi connectivity index (χ1) is 8.61. The number of aryl methyl sites for hydroxylation is 1. The normalized spacial score (nSPS) is 9.83. The fourth-order valence-corrected chi connectivity index (χ4v) is 2.06. The van der Waals surface area contributed by atoms with Crippen LogP contribution >= 0.6 is 15.9 Å². The highest BCUT2D eigenvalue weighted by atomic mass is 79.9. The quantitative estimate of drug-likeness (QED) is 0.892. The Kier molecular flexibility index (Phi) is 3.49. The summed E-state index contributed by atoms with van der Waals surface area (Å²) in [5.74, 6) is 0.631. The Morgan fingerprint density at radius 3 is 2.89 bits per heavy atom. The first-order valence-electron chi connectivity index (χ1n) is 5.29. The molecule has 1 heterocycles. The highest BCUT2D eigenvalue weighted by Crippen LogP contribution is 2.27. The summed E-state index contributed by atoms with van der Waals surface area (Å²) >= 11 is 3.38. The summed E-state index contributed by atoms with van der Waals surface area (Å²) < 4.78 is 0.757. The minimum atomic E-state index is 0.581. The van der Waals surface area contributed by atoms with E-state index in [2.05, 4.69) is 32.3 Å². The molecule has 0 amide bonds. The summed E-state index contributed by atoms with van der Waals surface area (Å²) in [7, 11) is 0. The van der Waals surface area contributed by atoms with Crippen molar-refractivity contribution in [1.82, 2.24) is 4.98 Å². The van der Waals surface area contributed by atoms with Crippen LogP contribution in [0.2, 0.25) is 0 Å². The molecular formula is C13H11BrN4. The number of aromatic nitrogens is 1. The van der Waals surface area contributed by atoms with Crippen molar-refractivity contribution >= 4 is 33.1 Å². The number of benzene rings is 1. The van der Waals surface area contributed by atoms with Gasteiger partial charge in [-0.1, -0.05) is 12.1 Å². The molecule has 0 unspecified atom stereocenters. The number of nitrogens with two attached hydrogens (primary N) is 1. The molecule has 0 fully saturated rings. The van der Waals surface area contributed by atoms with Crippen LogP contribution in [0.3, 0.4) is 0 Å². The van der Waals surface area contributed by atoms with Crippen molar-refractivity contribution < 1.29 is 0 Å². The van der Waals surface area contributed by atoms with Crippen molar-refractivity contribution in [2.45, 2.75) is 6.92 Å². The lowest BCUT2D eigenvalue weighted by molar-refractivity contribution is 1.28. The van der Waals surface area contributed by atoms with Crippen LogP contribution in [0.1, 0.15) is 11.1 Å². The number of hydrogen-bond donors (Lipinski definition) is 2. The first-order valence-corrected chi connectivity index (χ1v) is 6.09. The molecule has 2 rings (SSSR count). The molecule has 0 atom stereocenters. The van der Waals surface area contributed by atoms with Gasteiger partial charge in [0.1, 0.15) is 11.9 Å². The van der Waals surface area contributed by atoms with Gasteiger partial charge in [0.05, 0.1) is 27.6 Å². The molecule has 1 aromatic heterocycles. The molecule has 0 bridgehead atoms. The summed E-state index contributed by atoms with van der Waals surface area (Å²) in [4.78, 5) is 4.19. The van der Waals surface area contributed by atoms with E-state index in [0.717, 1.165) is 15.7 Å². The predicted molar refractivity (Wildman–Crippen MR) is 75.5 cm³/mol. The third-order valence-electron chi connectivity index (χ3n) is 2.50. The lowest BCUT2D eigenvalue weighted by Crippen LogP contribution is -1.99. The van der Waals surface area contributed by atoms with Crippen LogP contribution in [0, 0.1) is 18.3 Å². The molecule has 0 spiro atoms. The van der Waals surface area contributed by atoms with E-state index < -0.39 is 0 Å². The highest BCUT2D eigenvalue weighted by Gasteiger charge is 2.08. The van der Waals surface area contributed by atoms with Crippen molar-refractivity contribution in [2.75, 3.05) is 11.1 Å². The molecule has 3 N–H and O–H groups in total. The number of nitrogen functional groups attached to an aromatic ring is 1. The van der Waals surface area contributed by atoms with Gasteiger partial charge in [-0.15, -0.1) is 0 Å². The van der Waals surface area contributed by atoms with Crippen molar-refractivity contribution in [3.63, 3.8) is 0 Å². The SMILES string of the molecule is Cc1cccc(Nc2ncc(N)cc2Br)c1C#N. The third-order valence-corrected chi connectivity index (χ3v) is 3.10. The predicted octanol–water partition coefficient (Wildman–Crippen LogP) is 3.35. The van der Waals surface area contributed by atoms with Crippen LogP contribution < -0.4 is 11.1 Å². The van der Waals surface area contributed by atoms with Crippen LogP contribution in [-0.4, -0.2) is 4.98 Å². The molecule has 0 aliphatic carbocycles. The number of rotatable bonds is 2. The second-order valence-corrected chi connectivity index (χ2v) is 4.69. The van der Waals surface area contributed by atoms with Crippen molar-refractivity contribution in [3.05, 3.63) is 46.1 Å². The number of nitrogens with zero attached hydrogens (tertiary/aromatic N) is 2. The molecule has 5 heteroatoms. The van der Waals surface area contributed by atoms with Gasteiger partial charge < -0.3 is 11.1 Å². The molecular weight excluding hydrogens is 292 g/mol. The lowest BCUT2D eigenvalue weighted by atomic mass is 10.1. The van der Waals surface area contributed by atoms with Gasteiger partial charge >= 0.3 is 0 Å². The molecule has 1 aromatic carbocycles. The minimum Gasteiger partial charge on any atom is -0.397 e. The molecule has 0 radical (unpaired) electrons. The van der Waals surface area contributed by atoms with E-state index in [1.807, 2.05) is 25.1 Å². The summed E-state index contributed by atoms with van der Waals surface area (Å²) in [6, 6.07) is 9.58. The molecule has 90 valence electrons. The summed E-state index contributed by atoms with van der Waals surface area (Å²) in [5.41, 5.74) is 8.48. The van der Waals surface area contributed by atoms with Crippen molar-refractivity contribution in [3.8, 4) is 6.07 Å². The zero-order valence-electron chi connectivity index (χ0n) is 9.74. The second-order valence-electron chi connectivity index (χ2n) is 3.83. The summed E-state index contributed by atoms with van der Waals surface area (Å²) in [6.07, 6.45) is 1.56. The van der Waals surface area contributed by atoms with E-state index in [1.54, 1.807) is 12.3 Å². The largest absolute Gasteiger partial charge is 0.397 e. The van der Waals surface area contributed by atoms with Gasteiger partial charge in [0.2, 0.25) is 0 Å². The average molecular weight is 303 g/mol. The van der Waals surface area contributed by atoms with Crippen molar-refractivity contribution in [2.24, 2.45) is 0 Å². The van der Waals surface area contributed by atoms with Gasteiger partial charge in [-0.3, -0.25) is 0 Å². The molecule has 2 aromatic rings. The van der Waals surface area contributed by atoms with Gasteiger partial charge in [0.15, 0.2) is 0 Å². The van der Waals surface area contributed by atoms with Crippen LogP contribution in [-0.2, 0) is 0 Å². The molecule has 0 aliphatic heterocycles. The molecule has 0 aliphatic rings. The van der Waals surface area contributed by atoms with E-state index in [0.29, 0.717) is 17.1 Å². The Bertz CT molecular complexity index is 631. The van der Waals surface area contributed by atoms with E-state index >= 15 is 0 Å². The van der Waals surface area contributed by atoms with Gasteiger partial charge in [-0.25, -0.2) is 4.98 Å². The Balaban J connectivity index is 2.41. The molecule has 18 heavy (non-hydrogen) atoms. The van der Waals surface area contributed by atoms with Gasteiger partial charge in [0, 0.05) is 0 Å². The number of anilines is 3. The number of halogens is 1. The topological polar surface area (TPSA) is 74.7 Å². The van der Waals surface area contributed by atoms with Crippen LogP contribution in [0.15, 0.2) is 34.9 Å². The van der Waals surface area contributed by atoms with E-state index in [1.165, 1.54) is 0 Å². The zero-order chi connectivity index (χ0) is 13.1. The molecule has 0 saturated carbocycles. The van der Waals surface area contributed by atoms with Gasteiger partial charge in [-0.2, -0.15) is 5.26 Å². The fourth-order valence-electron chi connectivity index (χ4n) is 1.59. The third kappa shape index (κ3) is 2.44.